The molecule has 0 unspecified atom stereocenters. The number of carbonyl (C=O) groups excluding carboxylic acids is 2. The molecule has 0 fully saturated rings. The molecule has 4 aromatic rings. The third-order valence-corrected chi connectivity index (χ3v) is 6.44. The molecule has 36 heavy (non-hydrogen) atoms. The lowest BCUT2D eigenvalue weighted by Gasteiger charge is -2.22. The van der Waals surface area contributed by atoms with Gasteiger partial charge in [-0.25, -0.2) is 4.98 Å². The molecule has 3 aromatic carbocycles. The van der Waals surface area contributed by atoms with E-state index in [-0.39, 0.29) is 30.2 Å². The maximum atomic E-state index is 13.4. The maximum absolute atomic E-state index is 13.4. The van der Waals surface area contributed by atoms with E-state index in [0.717, 1.165) is 17.3 Å². The zero-order chi connectivity index (χ0) is 25.5. The van der Waals surface area contributed by atoms with Crippen LogP contribution < -0.4 is 11.3 Å². The molecule has 0 aliphatic carbocycles. The van der Waals surface area contributed by atoms with Crippen molar-refractivity contribution in [2.75, 3.05) is 12.3 Å². The summed E-state index contributed by atoms with van der Waals surface area (Å²) in [4.78, 5) is 44.2. The summed E-state index contributed by atoms with van der Waals surface area (Å²) in [6, 6.07) is 25.2. The zero-order valence-electron chi connectivity index (χ0n) is 19.3. The van der Waals surface area contributed by atoms with Crippen molar-refractivity contribution in [2.45, 2.75) is 18.1 Å². The zero-order valence-corrected chi connectivity index (χ0v) is 20.1. The van der Waals surface area contributed by atoms with E-state index in [9.17, 15) is 14.4 Å². The molecule has 0 saturated carbocycles. The van der Waals surface area contributed by atoms with Crippen LogP contribution >= 0.6 is 11.8 Å². The van der Waals surface area contributed by atoms with Gasteiger partial charge in [0.25, 0.3) is 5.56 Å². The minimum atomic E-state index is -0.487. The van der Waals surface area contributed by atoms with Crippen LogP contribution in [-0.2, 0) is 16.1 Å². The van der Waals surface area contributed by atoms with Crippen molar-refractivity contribution in [3.05, 3.63) is 100 Å². The van der Waals surface area contributed by atoms with Gasteiger partial charge in [0.2, 0.25) is 11.8 Å². The first-order chi connectivity index (χ1) is 17.5. The maximum Gasteiger partial charge on any atom is 0.266 e. The summed E-state index contributed by atoms with van der Waals surface area (Å²) in [5.41, 5.74) is 7.52. The first-order valence-corrected chi connectivity index (χ1v) is 12.2. The molecular formula is C27H23N5O3S. The second-order valence-corrected chi connectivity index (χ2v) is 8.96. The highest BCUT2D eigenvalue weighted by Gasteiger charge is 2.19. The van der Waals surface area contributed by atoms with E-state index in [1.807, 2.05) is 30.3 Å². The predicted octanol–water partition coefficient (Wildman–Crippen LogP) is 3.25. The van der Waals surface area contributed by atoms with Crippen LogP contribution in [0.4, 0.5) is 0 Å². The highest BCUT2D eigenvalue weighted by Crippen LogP contribution is 2.22. The molecule has 2 N–H and O–H groups in total. The number of nitrogens with two attached hydrogens (primary N) is 1. The van der Waals surface area contributed by atoms with E-state index in [1.54, 1.807) is 53.4 Å². The minimum Gasteiger partial charge on any atom is -0.370 e. The number of aromatic nitrogens is 2. The van der Waals surface area contributed by atoms with Gasteiger partial charge in [-0.3, -0.25) is 19.0 Å². The number of thioether (sulfide) groups is 1. The Bertz CT molecular complexity index is 1490. The van der Waals surface area contributed by atoms with Crippen molar-refractivity contribution in [3.63, 3.8) is 0 Å². The van der Waals surface area contributed by atoms with Crippen molar-refractivity contribution in [3.8, 4) is 11.8 Å². The van der Waals surface area contributed by atoms with Gasteiger partial charge < -0.3 is 10.6 Å². The number of amides is 2. The smallest absolute Gasteiger partial charge is 0.266 e. The molecule has 0 spiro atoms. The van der Waals surface area contributed by atoms with Crippen molar-refractivity contribution in [1.29, 1.82) is 5.26 Å². The second-order valence-electron chi connectivity index (χ2n) is 8.02. The number of nitriles is 1. The first-order valence-electron chi connectivity index (χ1n) is 11.2. The van der Waals surface area contributed by atoms with Crippen LogP contribution in [-0.4, -0.2) is 38.6 Å². The van der Waals surface area contributed by atoms with E-state index in [0.29, 0.717) is 33.9 Å². The highest BCUT2D eigenvalue weighted by molar-refractivity contribution is 7.99. The molecular weight excluding hydrogens is 474 g/mol. The minimum absolute atomic E-state index is 0.00660. The van der Waals surface area contributed by atoms with Crippen LogP contribution in [0.25, 0.3) is 16.6 Å². The largest absolute Gasteiger partial charge is 0.370 e. The fourth-order valence-corrected chi connectivity index (χ4v) is 4.60. The summed E-state index contributed by atoms with van der Waals surface area (Å²) in [7, 11) is 0. The van der Waals surface area contributed by atoms with Crippen LogP contribution in [0, 0.1) is 11.3 Å². The Hall–Kier alpha value is -4.42. The fraction of sp³-hybridized carbons (Fsp3) is 0.148. The Morgan fingerprint density at radius 2 is 1.69 bits per heavy atom. The van der Waals surface area contributed by atoms with E-state index >= 15 is 0 Å². The average Bonchev–Trinajstić information content (AvgIpc) is 2.90. The van der Waals surface area contributed by atoms with Crippen molar-refractivity contribution < 1.29 is 9.59 Å². The number of nitrogens with zero attached hydrogens (tertiary/aromatic N) is 4. The highest BCUT2D eigenvalue weighted by atomic mass is 32.2. The molecule has 9 heteroatoms. The lowest BCUT2D eigenvalue weighted by molar-refractivity contribution is -0.129. The number of para-hydroxylation sites is 1. The Labute approximate surface area is 212 Å². The molecule has 1 aromatic heterocycles. The van der Waals surface area contributed by atoms with Crippen molar-refractivity contribution in [2.24, 2.45) is 5.73 Å². The molecule has 0 saturated heterocycles. The summed E-state index contributed by atoms with van der Waals surface area (Å²) < 4.78 is 1.45. The van der Waals surface area contributed by atoms with Gasteiger partial charge in [-0.15, -0.1) is 0 Å². The molecule has 0 aliphatic heterocycles. The molecule has 0 radical (unpaired) electrons. The Balaban J connectivity index is 1.65. The fourth-order valence-electron chi connectivity index (χ4n) is 3.68. The molecule has 180 valence electrons. The molecule has 0 atom stereocenters. The van der Waals surface area contributed by atoms with E-state index in [4.69, 9.17) is 11.0 Å². The summed E-state index contributed by atoms with van der Waals surface area (Å²) >= 11 is 1.14. The van der Waals surface area contributed by atoms with Crippen LogP contribution in [0.3, 0.4) is 0 Å². The van der Waals surface area contributed by atoms with Gasteiger partial charge >= 0.3 is 0 Å². The molecule has 4 rings (SSSR count). The third-order valence-electron chi connectivity index (χ3n) is 5.52. The monoisotopic (exact) mass is 497 g/mol. The Morgan fingerprint density at radius 1 is 1.00 bits per heavy atom. The normalized spacial score (nSPS) is 10.6. The van der Waals surface area contributed by atoms with Crippen molar-refractivity contribution >= 4 is 34.5 Å². The number of primary amides is 1. The SMILES string of the molecule is N#Cc1ccc(-n2c(SCC(=O)N(CCC(N)=O)Cc3ccccc3)nc3ccccc3c2=O)cc1. The van der Waals surface area contributed by atoms with Gasteiger partial charge in [0.05, 0.1) is 34.0 Å². The number of carbonyl (C=O) groups is 2. The number of rotatable bonds is 9. The topological polar surface area (TPSA) is 122 Å². The first kappa shape index (κ1) is 24.7. The number of benzene rings is 3. The van der Waals surface area contributed by atoms with Gasteiger partial charge in [0.1, 0.15) is 0 Å². The van der Waals surface area contributed by atoms with Crippen LogP contribution in [0.15, 0.2) is 88.8 Å². The summed E-state index contributed by atoms with van der Waals surface area (Å²) in [5.74, 6) is -0.689. The quantitative estimate of drug-likeness (QED) is 0.280. The predicted molar refractivity (Wildman–Crippen MR) is 138 cm³/mol. The van der Waals surface area contributed by atoms with Gasteiger partial charge in [0, 0.05) is 19.5 Å². The van der Waals surface area contributed by atoms with Crippen LogP contribution in [0.5, 0.6) is 0 Å². The lowest BCUT2D eigenvalue weighted by Crippen LogP contribution is -2.35. The standard InChI is InChI=1S/C27H23N5O3S/c28-16-19-10-12-21(13-11-19)32-26(35)22-8-4-5-9-23(22)30-27(32)36-18-25(34)31(15-14-24(29)33)17-20-6-2-1-3-7-20/h1-13H,14-15,17-18H2,(H2,29,33). The summed E-state index contributed by atoms with van der Waals surface area (Å²) in [5, 5.41) is 9.93. The summed E-state index contributed by atoms with van der Waals surface area (Å²) in [6.07, 6.45) is 0.0490. The van der Waals surface area contributed by atoms with Crippen LogP contribution in [0.2, 0.25) is 0 Å². The molecule has 0 bridgehead atoms. The molecule has 8 nitrogen and oxygen atoms in total. The third kappa shape index (κ3) is 5.79. The van der Waals surface area contributed by atoms with Gasteiger partial charge in [-0.2, -0.15) is 5.26 Å². The number of hydrogen-bond donors (Lipinski definition) is 1. The second kappa shape index (κ2) is 11.3. The lowest BCUT2D eigenvalue weighted by atomic mass is 10.2. The van der Waals surface area contributed by atoms with E-state index < -0.39 is 5.91 Å². The molecule has 1 heterocycles. The van der Waals surface area contributed by atoms with E-state index in [2.05, 4.69) is 11.1 Å². The number of fused-ring (bicyclic) bond motifs is 1. The molecule has 0 aliphatic rings. The van der Waals surface area contributed by atoms with Crippen LogP contribution in [0.1, 0.15) is 17.5 Å². The average molecular weight is 498 g/mol. The Morgan fingerprint density at radius 3 is 2.39 bits per heavy atom. The van der Waals surface area contributed by atoms with Crippen molar-refractivity contribution in [1.82, 2.24) is 14.5 Å². The number of hydrogen-bond acceptors (Lipinski definition) is 6. The summed E-state index contributed by atoms with van der Waals surface area (Å²) in [6.45, 7) is 0.526. The van der Waals surface area contributed by atoms with E-state index in [1.165, 1.54) is 4.57 Å². The van der Waals surface area contributed by atoms with Gasteiger partial charge in [-0.05, 0) is 42.0 Å². The molecule has 2 amide bonds. The van der Waals surface area contributed by atoms with Gasteiger partial charge in [-0.1, -0.05) is 54.2 Å². The van der Waals surface area contributed by atoms with Gasteiger partial charge in [0.15, 0.2) is 5.16 Å². The Kier molecular flexibility index (Phi) is 7.78.